The molecule has 7 heavy (non-hydrogen) atoms. The molecule has 0 aromatic rings. The lowest BCUT2D eigenvalue weighted by Gasteiger charge is -1.80. The first-order chi connectivity index (χ1) is 3.18. The van der Waals surface area contributed by atoms with Crippen molar-refractivity contribution in [1.29, 1.82) is 0 Å². The summed E-state index contributed by atoms with van der Waals surface area (Å²) < 4.78 is 1.63. The predicted octanol–water partition coefficient (Wildman–Crippen LogP) is 1.74. The third kappa shape index (κ3) is 3.04. The van der Waals surface area contributed by atoms with Gasteiger partial charge in [0.15, 0.2) is 0 Å². The fourth-order valence-electron chi connectivity index (χ4n) is 0.0467. The molecule has 0 saturated carbocycles. The van der Waals surface area contributed by atoms with Crippen LogP contribution in [0.1, 0.15) is 0 Å². The summed E-state index contributed by atoms with van der Waals surface area (Å²) in [5.41, 5.74) is 0. The van der Waals surface area contributed by atoms with Gasteiger partial charge in [-0.1, -0.05) is 22.6 Å². The summed E-state index contributed by atoms with van der Waals surface area (Å²) in [6.07, 6.45) is 0. The molecule has 2 nitrogen and oxygen atoms in total. The normalized spacial score (nSPS) is 11.4. The largest absolute Gasteiger partial charge is 0.477 e. The molecule has 0 aromatic carbocycles. The van der Waals surface area contributed by atoms with E-state index in [4.69, 9.17) is 5.11 Å². The Hall–Kier alpha value is 0.420. The van der Waals surface area contributed by atoms with Crippen molar-refractivity contribution in [3.8, 4) is 0 Å². The van der Waals surface area contributed by atoms with Crippen molar-refractivity contribution < 1.29 is 9.90 Å². The lowest BCUT2D eigenvalue weighted by atomic mass is 10.7. The van der Waals surface area contributed by atoms with Gasteiger partial charge in [-0.05, 0) is 20.0 Å². The van der Waals surface area contributed by atoms with Gasteiger partial charge in [-0.2, -0.15) is 0 Å². The SMILES string of the molecule is O=C(O)/C(Br)=C\I. The van der Waals surface area contributed by atoms with Crippen molar-refractivity contribution in [2.45, 2.75) is 0 Å². The molecule has 0 aliphatic heterocycles. The van der Waals surface area contributed by atoms with E-state index in [-0.39, 0.29) is 4.48 Å². The Morgan fingerprint density at radius 2 is 2.29 bits per heavy atom. The van der Waals surface area contributed by atoms with E-state index in [9.17, 15) is 4.79 Å². The highest BCUT2D eigenvalue weighted by molar-refractivity contribution is 14.1. The second kappa shape index (κ2) is 3.43. The fourth-order valence-corrected chi connectivity index (χ4v) is 0.313. The van der Waals surface area contributed by atoms with Gasteiger partial charge in [0.2, 0.25) is 0 Å². The quantitative estimate of drug-likeness (QED) is 0.585. The molecule has 0 radical (unpaired) electrons. The molecular weight excluding hydrogens is 275 g/mol. The van der Waals surface area contributed by atoms with Gasteiger partial charge in [-0.15, -0.1) is 0 Å². The van der Waals surface area contributed by atoms with Crippen LogP contribution in [0, 0.1) is 0 Å². The van der Waals surface area contributed by atoms with Crippen LogP contribution in [-0.4, -0.2) is 11.1 Å². The first-order valence-corrected chi connectivity index (χ1v) is 3.41. The molecule has 0 rings (SSSR count). The molecule has 0 aliphatic rings. The van der Waals surface area contributed by atoms with E-state index in [1.165, 1.54) is 4.08 Å². The smallest absolute Gasteiger partial charge is 0.343 e. The van der Waals surface area contributed by atoms with Crippen LogP contribution in [0.5, 0.6) is 0 Å². The zero-order valence-corrected chi connectivity index (χ0v) is 6.93. The Morgan fingerprint density at radius 1 is 1.86 bits per heavy atom. The Bertz CT molecular complexity index is 110. The zero-order chi connectivity index (χ0) is 5.86. The van der Waals surface area contributed by atoms with E-state index in [1.54, 1.807) is 0 Å². The summed E-state index contributed by atoms with van der Waals surface area (Å²) in [5, 5.41) is 8.06. The predicted molar refractivity (Wildman–Crippen MR) is 38.7 cm³/mol. The average Bonchev–Trinajstić information content (AvgIpc) is 1.65. The van der Waals surface area contributed by atoms with Crippen LogP contribution >= 0.6 is 38.5 Å². The number of halogens is 2. The van der Waals surface area contributed by atoms with E-state index in [2.05, 4.69) is 15.9 Å². The maximum absolute atomic E-state index is 9.81. The summed E-state index contributed by atoms with van der Waals surface area (Å²) in [6.45, 7) is 0. The van der Waals surface area contributed by atoms with E-state index in [0.717, 1.165) is 0 Å². The molecule has 0 fully saturated rings. The lowest BCUT2D eigenvalue weighted by Crippen LogP contribution is -1.90. The van der Waals surface area contributed by atoms with Gasteiger partial charge in [0.25, 0.3) is 0 Å². The standard InChI is InChI=1S/C3H2BrIO2/c4-2(1-5)3(6)7/h1H,(H,6,7)/b2-1+. The Morgan fingerprint density at radius 3 is 2.29 bits per heavy atom. The minimum atomic E-state index is -0.936. The number of hydrogen-bond acceptors (Lipinski definition) is 1. The van der Waals surface area contributed by atoms with Crippen LogP contribution in [-0.2, 0) is 4.79 Å². The summed E-state index contributed by atoms with van der Waals surface area (Å²) in [6, 6.07) is 0. The molecule has 0 amide bonds. The first-order valence-electron chi connectivity index (χ1n) is 1.37. The van der Waals surface area contributed by atoms with Crippen LogP contribution in [0.15, 0.2) is 8.57 Å². The second-order valence-corrected chi connectivity index (χ2v) is 2.24. The monoisotopic (exact) mass is 276 g/mol. The Balaban J connectivity index is 3.82. The molecule has 0 aliphatic carbocycles. The summed E-state index contributed by atoms with van der Waals surface area (Å²) in [5.74, 6) is -0.936. The topological polar surface area (TPSA) is 37.3 Å². The van der Waals surface area contributed by atoms with Crippen molar-refractivity contribution in [2.75, 3.05) is 0 Å². The number of rotatable bonds is 1. The third-order valence-electron chi connectivity index (χ3n) is 0.300. The van der Waals surface area contributed by atoms with E-state index in [0.29, 0.717) is 0 Å². The lowest BCUT2D eigenvalue weighted by molar-refractivity contribution is -0.131. The highest BCUT2D eigenvalue weighted by atomic mass is 127. The van der Waals surface area contributed by atoms with Crippen molar-refractivity contribution in [2.24, 2.45) is 0 Å². The highest BCUT2D eigenvalue weighted by Crippen LogP contribution is 2.06. The molecule has 1 N–H and O–H groups in total. The van der Waals surface area contributed by atoms with Gasteiger partial charge in [-0.3, -0.25) is 0 Å². The number of carbonyl (C=O) groups is 1. The molecule has 0 aromatic heterocycles. The summed E-state index contributed by atoms with van der Waals surface area (Å²) >= 11 is 4.63. The van der Waals surface area contributed by atoms with Gasteiger partial charge in [-0.25, -0.2) is 4.79 Å². The van der Waals surface area contributed by atoms with Crippen molar-refractivity contribution in [1.82, 2.24) is 0 Å². The van der Waals surface area contributed by atoms with Gasteiger partial charge in [0.1, 0.15) is 4.48 Å². The zero-order valence-electron chi connectivity index (χ0n) is 3.19. The summed E-state index contributed by atoms with van der Waals surface area (Å²) in [4.78, 5) is 9.81. The van der Waals surface area contributed by atoms with Gasteiger partial charge in [0, 0.05) is 0 Å². The number of carboxylic acids is 1. The van der Waals surface area contributed by atoms with Gasteiger partial charge in [0.05, 0.1) is 0 Å². The minimum absolute atomic E-state index is 0.188. The van der Waals surface area contributed by atoms with E-state index >= 15 is 0 Å². The molecule has 0 bridgehead atoms. The maximum Gasteiger partial charge on any atom is 0.343 e. The van der Waals surface area contributed by atoms with Crippen LogP contribution in [0.4, 0.5) is 0 Å². The van der Waals surface area contributed by atoms with Crippen molar-refractivity contribution >= 4 is 44.5 Å². The molecule has 0 saturated heterocycles. The van der Waals surface area contributed by atoms with Crippen LogP contribution in [0.25, 0.3) is 0 Å². The van der Waals surface area contributed by atoms with E-state index < -0.39 is 5.97 Å². The number of hydrogen-bond donors (Lipinski definition) is 1. The maximum atomic E-state index is 9.81. The second-order valence-electron chi connectivity index (χ2n) is 0.762. The number of aliphatic carboxylic acids is 1. The summed E-state index contributed by atoms with van der Waals surface area (Å²) in [7, 11) is 0. The molecule has 0 spiro atoms. The van der Waals surface area contributed by atoms with Crippen molar-refractivity contribution in [3.63, 3.8) is 0 Å². The Labute approximate surface area is 62.9 Å². The van der Waals surface area contributed by atoms with Crippen LogP contribution in [0.3, 0.4) is 0 Å². The molecule has 0 atom stereocenters. The molecule has 0 heterocycles. The minimum Gasteiger partial charge on any atom is -0.477 e. The molecule has 40 valence electrons. The third-order valence-corrected chi connectivity index (χ3v) is 2.35. The average molecular weight is 277 g/mol. The molecule has 4 heteroatoms. The number of carboxylic acid groups (broad SMARTS) is 1. The van der Waals surface area contributed by atoms with Crippen LogP contribution < -0.4 is 0 Å². The van der Waals surface area contributed by atoms with Crippen LogP contribution in [0.2, 0.25) is 0 Å². The van der Waals surface area contributed by atoms with Gasteiger partial charge >= 0.3 is 5.97 Å². The molecule has 0 unspecified atom stereocenters. The molecular formula is C3H2BrIO2. The van der Waals surface area contributed by atoms with Crippen molar-refractivity contribution in [3.05, 3.63) is 8.57 Å². The fraction of sp³-hybridized carbons (Fsp3) is 0. The first kappa shape index (κ1) is 7.42. The van der Waals surface area contributed by atoms with Gasteiger partial charge < -0.3 is 5.11 Å². The van der Waals surface area contributed by atoms with E-state index in [1.807, 2.05) is 22.6 Å². The highest BCUT2D eigenvalue weighted by Gasteiger charge is 1.97. The Kier molecular flexibility index (Phi) is 3.63.